The van der Waals surface area contributed by atoms with Gasteiger partial charge in [0.15, 0.2) is 0 Å². The van der Waals surface area contributed by atoms with E-state index in [1.807, 2.05) is 48.6 Å². The Morgan fingerprint density at radius 2 is 1.94 bits per heavy atom. The normalized spacial score (nSPS) is 19.8. The Labute approximate surface area is 99.1 Å². The molecule has 0 saturated carbocycles. The fourth-order valence-electron chi connectivity index (χ4n) is 1.79. The number of hydrogen-bond donors (Lipinski definition) is 0. The van der Waals surface area contributed by atoms with Crippen LogP contribution in [0.3, 0.4) is 0 Å². The number of aliphatic imine (C=N–C) groups is 1. The van der Waals surface area contributed by atoms with Crippen molar-refractivity contribution in [3.63, 3.8) is 0 Å². The van der Waals surface area contributed by atoms with Gasteiger partial charge in [-0.1, -0.05) is 36.4 Å². The first-order valence-corrected chi connectivity index (χ1v) is 5.38. The second-order valence-electron chi connectivity index (χ2n) is 3.79. The molecule has 3 nitrogen and oxygen atoms in total. The summed E-state index contributed by atoms with van der Waals surface area (Å²) in [5.74, 6) is 0.601. The Kier molecular flexibility index (Phi) is 2.22. The molecule has 2 heterocycles. The van der Waals surface area contributed by atoms with Crippen molar-refractivity contribution in [3.05, 3.63) is 66.0 Å². The third-order valence-electron chi connectivity index (χ3n) is 2.61. The lowest BCUT2D eigenvalue weighted by atomic mass is 10.2. The Bertz CT molecular complexity index is 579. The summed E-state index contributed by atoms with van der Waals surface area (Å²) in [6.45, 7) is 0. The summed E-state index contributed by atoms with van der Waals surface area (Å²) >= 11 is 0. The van der Waals surface area contributed by atoms with E-state index in [0.29, 0.717) is 11.5 Å². The second kappa shape index (κ2) is 3.87. The molecule has 0 aromatic heterocycles. The number of nitrogens with zero attached hydrogens (tertiary/aromatic N) is 2. The summed E-state index contributed by atoms with van der Waals surface area (Å²) in [7, 11) is 0. The zero-order valence-electron chi connectivity index (χ0n) is 9.08. The van der Waals surface area contributed by atoms with Crippen LogP contribution in [0.5, 0.6) is 0 Å². The molecule has 2 aliphatic heterocycles. The Morgan fingerprint density at radius 3 is 2.71 bits per heavy atom. The molecule has 3 heteroatoms. The predicted molar refractivity (Wildman–Crippen MR) is 67.0 cm³/mol. The maximum absolute atomic E-state index is 12.0. The van der Waals surface area contributed by atoms with Crippen molar-refractivity contribution in [2.75, 3.05) is 0 Å². The summed E-state index contributed by atoms with van der Waals surface area (Å²) in [4.78, 5) is 17.9. The number of amidine groups is 1. The van der Waals surface area contributed by atoms with Crippen molar-refractivity contribution >= 4 is 17.8 Å². The van der Waals surface area contributed by atoms with Crippen LogP contribution < -0.4 is 0 Å². The summed E-state index contributed by atoms with van der Waals surface area (Å²) in [5.41, 5.74) is 1.45. The van der Waals surface area contributed by atoms with Gasteiger partial charge in [-0.25, -0.2) is 4.99 Å². The van der Waals surface area contributed by atoms with E-state index in [-0.39, 0.29) is 5.91 Å². The SMILES string of the molecule is O=C1C(=Cc2ccccc2)N=C2C=CC=CN12. The molecule has 3 rings (SSSR count). The van der Waals surface area contributed by atoms with E-state index in [1.165, 1.54) is 0 Å². The van der Waals surface area contributed by atoms with E-state index in [4.69, 9.17) is 0 Å². The molecule has 82 valence electrons. The minimum Gasteiger partial charge on any atom is -0.266 e. The molecule has 0 bridgehead atoms. The summed E-state index contributed by atoms with van der Waals surface area (Å²) in [5, 5.41) is 0. The van der Waals surface area contributed by atoms with E-state index in [1.54, 1.807) is 17.2 Å². The zero-order valence-corrected chi connectivity index (χ0v) is 9.08. The molecule has 0 saturated heterocycles. The summed E-state index contributed by atoms with van der Waals surface area (Å²) in [6.07, 6.45) is 9.04. The van der Waals surface area contributed by atoms with Crippen molar-refractivity contribution in [2.45, 2.75) is 0 Å². The third kappa shape index (κ3) is 1.72. The van der Waals surface area contributed by atoms with Crippen LogP contribution in [0, 0.1) is 0 Å². The molecule has 0 spiro atoms. The highest BCUT2D eigenvalue weighted by Gasteiger charge is 2.27. The number of hydrogen-bond acceptors (Lipinski definition) is 2. The quantitative estimate of drug-likeness (QED) is 0.671. The Morgan fingerprint density at radius 1 is 1.12 bits per heavy atom. The lowest BCUT2D eigenvalue weighted by molar-refractivity contribution is -0.120. The number of carbonyl (C=O) groups is 1. The van der Waals surface area contributed by atoms with Gasteiger partial charge in [-0.15, -0.1) is 0 Å². The fourth-order valence-corrected chi connectivity index (χ4v) is 1.79. The van der Waals surface area contributed by atoms with Crippen LogP contribution in [0.4, 0.5) is 0 Å². The lowest BCUT2D eigenvalue weighted by Gasteiger charge is -2.11. The monoisotopic (exact) mass is 222 g/mol. The largest absolute Gasteiger partial charge is 0.282 e. The third-order valence-corrected chi connectivity index (χ3v) is 2.61. The molecule has 17 heavy (non-hydrogen) atoms. The number of allylic oxidation sites excluding steroid dienone is 2. The van der Waals surface area contributed by atoms with Crippen LogP contribution in [0.25, 0.3) is 6.08 Å². The molecule has 1 aromatic rings. The van der Waals surface area contributed by atoms with Gasteiger partial charge in [0.1, 0.15) is 11.5 Å². The molecular formula is C14H10N2O. The van der Waals surface area contributed by atoms with Crippen molar-refractivity contribution < 1.29 is 4.79 Å². The molecule has 0 radical (unpaired) electrons. The standard InChI is InChI=1S/C14H10N2O/c17-14-12(10-11-6-2-1-3-7-11)15-13-8-4-5-9-16(13)14/h1-10H. The van der Waals surface area contributed by atoms with Gasteiger partial charge >= 0.3 is 0 Å². The molecule has 2 aliphatic rings. The first-order chi connectivity index (χ1) is 8.34. The van der Waals surface area contributed by atoms with Crippen LogP contribution in [0.2, 0.25) is 0 Å². The van der Waals surface area contributed by atoms with Gasteiger partial charge in [0.2, 0.25) is 0 Å². The minimum atomic E-state index is -0.0792. The molecule has 0 aliphatic carbocycles. The molecular weight excluding hydrogens is 212 g/mol. The highest BCUT2D eigenvalue weighted by atomic mass is 16.2. The Hall–Kier alpha value is -2.42. The first-order valence-electron chi connectivity index (χ1n) is 5.38. The predicted octanol–water partition coefficient (Wildman–Crippen LogP) is 2.35. The molecule has 0 N–H and O–H groups in total. The van der Waals surface area contributed by atoms with E-state index >= 15 is 0 Å². The lowest BCUT2D eigenvalue weighted by Crippen LogP contribution is -2.26. The number of benzene rings is 1. The van der Waals surface area contributed by atoms with E-state index < -0.39 is 0 Å². The smallest absolute Gasteiger partial charge is 0.266 e. The molecule has 0 atom stereocenters. The van der Waals surface area contributed by atoms with E-state index in [2.05, 4.69) is 4.99 Å². The van der Waals surface area contributed by atoms with E-state index in [0.717, 1.165) is 5.56 Å². The topological polar surface area (TPSA) is 32.7 Å². The Balaban J connectivity index is 1.99. The minimum absolute atomic E-state index is 0.0792. The first kappa shape index (κ1) is 9.78. The average Bonchev–Trinajstić information content (AvgIpc) is 2.68. The average molecular weight is 222 g/mol. The van der Waals surface area contributed by atoms with Crippen LogP contribution >= 0.6 is 0 Å². The highest BCUT2D eigenvalue weighted by molar-refractivity contribution is 6.18. The van der Waals surface area contributed by atoms with Gasteiger partial charge in [-0.05, 0) is 23.8 Å². The van der Waals surface area contributed by atoms with Crippen molar-refractivity contribution in [3.8, 4) is 0 Å². The fraction of sp³-hybridized carbons (Fsp3) is 0. The number of amides is 1. The van der Waals surface area contributed by atoms with Crippen molar-refractivity contribution in [1.82, 2.24) is 4.90 Å². The maximum Gasteiger partial charge on any atom is 0.282 e. The maximum atomic E-state index is 12.0. The summed E-state index contributed by atoms with van der Waals surface area (Å²) < 4.78 is 0. The van der Waals surface area contributed by atoms with Gasteiger partial charge in [0.05, 0.1) is 0 Å². The van der Waals surface area contributed by atoms with E-state index in [9.17, 15) is 4.79 Å². The number of fused-ring (bicyclic) bond motifs is 1. The van der Waals surface area contributed by atoms with Gasteiger partial charge in [0, 0.05) is 6.20 Å². The highest BCUT2D eigenvalue weighted by Crippen LogP contribution is 2.20. The number of rotatable bonds is 1. The molecule has 1 aromatic carbocycles. The molecule has 0 unspecified atom stereocenters. The summed E-state index contributed by atoms with van der Waals surface area (Å²) in [6, 6.07) is 9.71. The van der Waals surface area contributed by atoms with Crippen molar-refractivity contribution in [2.24, 2.45) is 4.99 Å². The van der Waals surface area contributed by atoms with Gasteiger partial charge < -0.3 is 0 Å². The molecule has 0 fully saturated rings. The molecule has 1 amide bonds. The van der Waals surface area contributed by atoms with Crippen LogP contribution in [-0.4, -0.2) is 16.6 Å². The zero-order chi connectivity index (χ0) is 11.7. The van der Waals surface area contributed by atoms with Crippen LogP contribution in [-0.2, 0) is 4.79 Å². The van der Waals surface area contributed by atoms with Gasteiger partial charge in [0.25, 0.3) is 5.91 Å². The van der Waals surface area contributed by atoms with Crippen LogP contribution in [0.1, 0.15) is 5.56 Å². The van der Waals surface area contributed by atoms with Gasteiger partial charge in [-0.3, -0.25) is 9.69 Å². The second-order valence-corrected chi connectivity index (χ2v) is 3.79. The van der Waals surface area contributed by atoms with Crippen LogP contribution in [0.15, 0.2) is 65.4 Å². The number of carbonyl (C=O) groups excluding carboxylic acids is 1. The van der Waals surface area contributed by atoms with Gasteiger partial charge in [-0.2, -0.15) is 0 Å². The van der Waals surface area contributed by atoms with Crippen molar-refractivity contribution in [1.29, 1.82) is 0 Å².